The predicted molar refractivity (Wildman–Crippen MR) is 132 cm³/mol. The molecule has 0 aliphatic carbocycles. The smallest absolute Gasteiger partial charge is 0.293 e. The highest BCUT2D eigenvalue weighted by Gasteiger charge is 2.35. The van der Waals surface area contributed by atoms with Crippen molar-refractivity contribution in [1.82, 2.24) is 4.90 Å². The van der Waals surface area contributed by atoms with Gasteiger partial charge >= 0.3 is 0 Å². The van der Waals surface area contributed by atoms with Gasteiger partial charge in [0, 0.05) is 5.69 Å². The summed E-state index contributed by atoms with van der Waals surface area (Å²) in [5, 5.41) is 2.44. The molecule has 3 aromatic rings. The standard InChI is InChI=1S/C26H22N2O5S/c1-32-22-14-19(12-13-21(22)33-17-24(29)27-20-10-6-3-7-11-20)15-23-25(30)28(26(31)34-23)16-18-8-4-2-5-9-18/h2-15H,16-17H2,1H3,(H,27,29)/b23-15-. The van der Waals surface area contributed by atoms with Gasteiger partial charge in [0.15, 0.2) is 18.1 Å². The Labute approximate surface area is 201 Å². The number of hydrogen-bond acceptors (Lipinski definition) is 6. The van der Waals surface area contributed by atoms with Gasteiger partial charge in [-0.15, -0.1) is 0 Å². The van der Waals surface area contributed by atoms with Crippen LogP contribution in [-0.4, -0.2) is 35.7 Å². The SMILES string of the molecule is COc1cc(/C=C2\SC(=O)N(Cc3ccccc3)C2=O)ccc1OCC(=O)Nc1ccccc1. The Morgan fingerprint density at radius 1 is 0.971 bits per heavy atom. The van der Waals surface area contributed by atoms with Crippen LogP contribution in [0.4, 0.5) is 10.5 Å². The molecule has 0 atom stereocenters. The molecule has 0 unspecified atom stereocenters. The van der Waals surface area contributed by atoms with Gasteiger partial charge in [-0.2, -0.15) is 0 Å². The Balaban J connectivity index is 1.42. The fourth-order valence-electron chi connectivity index (χ4n) is 3.31. The van der Waals surface area contributed by atoms with Crippen molar-refractivity contribution < 1.29 is 23.9 Å². The number of nitrogens with one attached hydrogen (secondary N) is 1. The average Bonchev–Trinajstić information content (AvgIpc) is 3.11. The molecule has 1 heterocycles. The normalized spacial score (nSPS) is 14.4. The summed E-state index contributed by atoms with van der Waals surface area (Å²) in [6.45, 7) is 0.0347. The highest BCUT2D eigenvalue weighted by Crippen LogP contribution is 2.35. The second-order valence-electron chi connectivity index (χ2n) is 7.37. The van der Waals surface area contributed by atoms with E-state index in [1.807, 2.05) is 48.5 Å². The highest BCUT2D eigenvalue weighted by molar-refractivity contribution is 8.18. The molecule has 1 aliphatic heterocycles. The zero-order chi connectivity index (χ0) is 23.9. The van der Waals surface area contributed by atoms with E-state index in [1.54, 1.807) is 36.4 Å². The Hall–Kier alpha value is -4.04. The van der Waals surface area contributed by atoms with E-state index in [0.29, 0.717) is 27.7 Å². The summed E-state index contributed by atoms with van der Waals surface area (Å²) < 4.78 is 11.0. The van der Waals surface area contributed by atoms with Crippen LogP contribution in [0, 0.1) is 0 Å². The zero-order valence-corrected chi connectivity index (χ0v) is 19.2. The van der Waals surface area contributed by atoms with E-state index in [1.165, 1.54) is 12.0 Å². The summed E-state index contributed by atoms with van der Waals surface area (Å²) in [5.41, 5.74) is 2.23. The molecule has 0 aromatic heterocycles. The number of nitrogens with zero attached hydrogens (tertiary/aromatic N) is 1. The summed E-state index contributed by atoms with van der Waals surface area (Å²) in [6.07, 6.45) is 1.64. The van der Waals surface area contributed by atoms with E-state index in [2.05, 4.69) is 5.32 Å². The summed E-state index contributed by atoms with van der Waals surface area (Å²) in [4.78, 5) is 38.9. The molecule has 3 amide bonds. The Bertz CT molecular complexity index is 1230. The third-order valence-corrected chi connectivity index (χ3v) is 5.87. The van der Waals surface area contributed by atoms with Crippen LogP contribution in [0.3, 0.4) is 0 Å². The summed E-state index contributed by atoms with van der Waals surface area (Å²) in [6, 6.07) is 23.5. The number of anilines is 1. The molecule has 0 spiro atoms. The lowest BCUT2D eigenvalue weighted by Crippen LogP contribution is -2.27. The first-order valence-corrected chi connectivity index (χ1v) is 11.3. The number of carbonyl (C=O) groups is 3. The number of benzene rings is 3. The van der Waals surface area contributed by atoms with Crippen molar-refractivity contribution in [2.45, 2.75) is 6.54 Å². The Kier molecular flexibility index (Phi) is 7.29. The lowest BCUT2D eigenvalue weighted by molar-refractivity contribution is -0.123. The van der Waals surface area contributed by atoms with Gasteiger partial charge in [0.25, 0.3) is 17.1 Å². The molecule has 3 aromatic carbocycles. The maximum atomic E-state index is 12.8. The molecule has 1 fully saturated rings. The van der Waals surface area contributed by atoms with Gasteiger partial charge in [-0.3, -0.25) is 19.3 Å². The van der Waals surface area contributed by atoms with Gasteiger partial charge in [-0.05, 0) is 53.2 Å². The maximum absolute atomic E-state index is 12.8. The number of imide groups is 1. The van der Waals surface area contributed by atoms with E-state index in [9.17, 15) is 14.4 Å². The molecule has 0 bridgehead atoms. The van der Waals surface area contributed by atoms with E-state index in [0.717, 1.165) is 17.3 Å². The van der Waals surface area contributed by atoms with Crippen LogP contribution in [0.25, 0.3) is 6.08 Å². The molecule has 1 N–H and O–H groups in total. The largest absolute Gasteiger partial charge is 0.493 e. The van der Waals surface area contributed by atoms with Crippen molar-refractivity contribution in [2.24, 2.45) is 0 Å². The first-order chi connectivity index (χ1) is 16.5. The van der Waals surface area contributed by atoms with E-state index in [4.69, 9.17) is 9.47 Å². The average molecular weight is 475 g/mol. The van der Waals surface area contributed by atoms with Crippen molar-refractivity contribution in [3.05, 3.63) is 94.9 Å². The topological polar surface area (TPSA) is 84.9 Å². The molecule has 1 aliphatic rings. The number of rotatable bonds is 8. The van der Waals surface area contributed by atoms with Gasteiger partial charge in [-0.1, -0.05) is 54.6 Å². The second kappa shape index (κ2) is 10.7. The molecule has 8 heteroatoms. The fourth-order valence-corrected chi connectivity index (χ4v) is 4.15. The molecule has 4 rings (SSSR count). The zero-order valence-electron chi connectivity index (χ0n) is 18.4. The number of para-hydroxylation sites is 1. The monoisotopic (exact) mass is 474 g/mol. The number of hydrogen-bond donors (Lipinski definition) is 1. The quantitative estimate of drug-likeness (QED) is 0.465. The van der Waals surface area contributed by atoms with Crippen LogP contribution < -0.4 is 14.8 Å². The second-order valence-corrected chi connectivity index (χ2v) is 8.36. The van der Waals surface area contributed by atoms with Gasteiger partial charge in [-0.25, -0.2) is 0 Å². The molecule has 34 heavy (non-hydrogen) atoms. The molecule has 1 saturated heterocycles. The predicted octanol–water partition coefficient (Wildman–Crippen LogP) is 4.95. The van der Waals surface area contributed by atoms with Gasteiger partial charge in [0.05, 0.1) is 18.6 Å². The van der Waals surface area contributed by atoms with Crippen molar-refractivity contribution in [3.63, 3.8) is 0 Å². The van der Waals surface area contributed by atoms with Crippen LogP contribution in [-0.2, 0) is 16.1 Å². The fraction of sp³-hybridized carbons (Fsp3) is 0.115. The third kappa shape index (κ3) is 5.65. The molecular formula is C26H22N2O5S. The number of amides is 3. The van der Waals surface area contributed by atoms with Crippen LogP contribution in [0.5, 0.6) is 11.5 Å². The van der Waals surface area contributed by atoms with Crippen molar-refractivity contribution in [2.75, 3.05) is 19.0 Å². The molecule has 172 valence electrons. The number of carbonyl (C=O) groups excluding carboxylic acids is 3. The van der Waals surface area contributed by atoms with Crippen molar-refractivity contribution in [1.29, 1.82) is 0 Å². The van der Waals surface area contributed by atoms with Gasteiger partial charge < -0.3 is 14.8 Å². The van der Waals surface area contributed by atoms with E-state index >= 15 is 0 Å². The molecule has 0 saturated carbocycles. The minimum atomic E-state index is -0.337. The van der Waals surface area contributed by atoms with Gasteiger partial charge in [0.2, 0.25) is 0 Å². The van der Waals surface area contributed by atoms with E-state index < -0.39 is 0 Å². The highest BCUT2D eigenvalue weighted by atomic mass is 32.2. The summed E-state index contributed by atoms with van der Waals surface area (Å²) >= 11 is 0.902. The lowest BCUT2D eigenvalue weighted by atomic mass is 10.1. The minimum Gasteiger partial charge on any atom is -0.493 e. The third-order valence-electron chi connectivity index (χ3n) is 4.96. The van der Waals surface area contributed by atoms with Crippen LogP contribution >= 0.6 is 11.8 Å². The molecular weight excluding hydrogens is 452 g/mol. The number of ether oxygens (including phenoxy) is 2. The maximum Gasteiger partial charge on any atom is 0.293 e. The minimum absolute atomic E-state index is 0.191. The van der Waals surface area contributed by atoms with E-state index in [-0.39, 0.29) is 30.2 Å². The summed E-state index contributed by atoms with van der Waals surface area (Å²) in [7, 11) is 1.49. The molecule has 7 nitrogen and oxygen atoms in total. The van der Waals surface area contributed by atoms with Crippen molar-refractivity contribution in [3.8, 4) is 11.5 Å². The van der Waals surface area contributed by atoms with Gasteiger partial charge in [0.1, 0.15) is 0 Å². The first-order valence-electron chi connectivity index (χ1n) is 10.5. The van der Waals surface area contributed by atoms with Crippen LogP contribution in [0.15, 0.2) is 83.8 Å². The number of methoxy groups -OCH3 is 1. The van der Waals surface area contributed by atoms with Crippen LogP contribution in [0.2, 0.25) is 0 Å². The number of thioether (sulfide) groups is 1. The first kappa shape index (κ1) is 23.1. The lowest BCUT2D eigenvalue weighted by Gasteiger charge is -2.12. The Morgan fingerprint density at radius 2 is 1.68 bits per heavy atom. The van der Waals surface area contributed by atoms with Crippen LogP contribution in [0.1, 0.15) is 11.1 Å². The van der Waals surface area contributed by atoms with Crippen molar-refractivity contribution >= 4 is 40.6 Å². The Morgan fingerprint density at radius 3 is 2.38 bits per heavy atom. The summed E-state index contributed by atoms with van der Waals surface area (Å²) in [5.74, 6) is 0.157. The molecule has 0 radical (unpaired) electrons.